The number of hydrogen-bond donors (Lipinski definition) is 0. The van der Waals surface area contributed by atoms with Gasteiger partial charge in [-0.05, 0) is 27.7 Å². The number of rotatable bonds is 2. The van der Waals surface area contributed by atoms with Crippen LogP contribution in [0.3, 0.4) is 0 Å². The van der Waals surface area contributed by atoms with Gasteiger partial charge in [-0.15, -0.1) is 0 Å². The van der Waals surface area contributed by atoms with Crippen LogP contribution in [-0.4, -0.2) is 41.2 Å². The fraction of sp³-hybridized carbons (Fsp3) is 0.615. The van der Waals surface area contributed by atoms with Crippen LogP contribution in [0.1, 0.15) is 34.6 Å². The molecule has 20 heavy (non-hydrogen) atoms. The van der Waals surface area contributed by atoms with Gasteiger partial charge in [0.2, 0.25) is 11.9 Å². The van der Waals surface area contributed by atoms with Gasteiger partial charge >= 0.3 is 7.12 Å². The van der Waals surface area contributed by atoms with Gasteiger partial charge in [0.25, 0.3) is 0 Å². The Hall–Kier alpha value is -1.47. The Morgan fingerprint density at radius 3 is 2.00 bits per heavy atom. The molecule has 0 aromatic carbocycles. The number of anilines is 1. The smallest absolute Gasteiger partial charge is 0.399 e. The average molecular weight is 277 g/mol. The van der Waals surface area contributed by atoms with Crippen LogP contribution in [0.2, 0.25) is 0 Å². The molecule has 2 heterocycles. The monoisotopic (exact) mass is 277 g/mol. The summed E-state index contributed by atoms with van der Waals surface area (Å²) in [6, 6.07) is 0. The highest BCUT2D eigenvalue weighted by Crippen LogP contribution is 2.36. The summed E-state index contributed by atoms with van der Waals surface area (Å²) in [5.41, 5.74) is -0.0525. The Labute approximate surface area is 119 Å². The van der Waals surface area contributed by atoms with Crippen molar-refractivity contribution >= 4 is 24.4 Å². The molecule has 1 aliphatic rings. The zero-order chi connectivity index (χ0) is 15.1. The van der Waals surface area contributed by atoms with Gasteiger partial charge in [-0.2, -0.15) is 0 Å². The third-order valence-electron chi connectivity index (χ3n) is 3.96. The number of nitrogens with zero attached hydrogens (tertiary/aromatic N) is 3. The van der Waals surface area contributed by atoms with E-state index in [1.54, 1.807) is 19.4 Å². The Morgan fingerprint density at radius 1 is 1.15 bits per heavy atom. The maximum absolute atomic E-state index is 11.3. The zero-order valence-electron chi connectivity index (χ0n) is 12.8. The zero-order valence-corrected chi connectivity index (χ0v) is 12.8. The van der Waals surface area contributed by atoms with E-state index in [-0.39, 0.29) is 5.91 Å². The molecular formula is C13H20BN3O3. The second-order valence-corrected chi connectivity index (χ2v) is 5.98. The predicted octanol–water partition coefficient (Wildman–Crippen LogP) is 0.758. The molecule has 1 amide bonds. The van der Waals surface area contributed by atoms with Crippen molar-refractivity contribution < 1.29 is 14.1 Å². The van der Waals surface area contributed by atoms with Gasteiger partial charge in [0.15, 0.2) is 0 Å². The minimum atomic E-state index is -0.489. The Kier molecular flexibility index (Phi) is 3.60. The first kappa shape index (κ1) is 14.9. The van der Waals surface area contributed by atoms with Gasteiger partial charge in [0, 0.05) is 31.8 Å². The van der Waals surface area contributed by atoms with Gasteiger partial charge in [0.1, 0.15) is 0 Å². The van der Waals surface area contributed by atoms with E-state index < -0.39 is 18.3 Å². The highest BCUT2D eigenvalue weighted by molar-refractivity contribution is 6.61. The van der Waals surface area contributed by atoms with Crippen LogP contribution >= 0.6 is 0 Å². The topological polar surface area (TPSA) is 64.6 Å². The van der Waals surface area contributed by atoms with Crippen LogP contribution in [-0.2, 0) is 14.1 Å². The normalized spacial score (nSPS) is 20.0. The summed E-state index contributed by atoms with van der Waals surface area (Å²) in [6.45, 7) is 9.43. The summed E-state index contributed by atoms with van der Waals surface area (Å²) in [6.07, 6.45) is 3.26. The summed E-state index contributed by atoms with van der Waals surface area (Å²) < 4.78 is 11.8. The van der Waals surface area contributed by atoms with Crippen LogP contribution < -0.4 is 10.4 Å². The lowest BCUT2D eigenvalue weighted by Crippen LogP contribution is -2.41. The van der Waals surface area contributed by atoms with Crippen LogP contribution in [0.5, 0.6) is 0 Å². The number of hydrogen-bond acceptors (Lipinski definition) is 5. The molecule has 7 heteroatoms. The lowest BCUT2D eigenvalue weighted by atomic mass is 9.81. The Bertz CT molecular complexity index is 500. The summed E-state index contributed by atoms with van der Waals surface area (Å²) in [5, 5.41) is 0. The van der Waals surface area contributed by atoms with Crippen molar-refractivity contribution in [3.05, 3.63) is 12.4 Å². The predicted molar refractivity (Wildman–Crippen MR) is 76.8 cm³/mol. The van der Waals surface area contributed by atoms with Crippen LogP contribution in [0.25, 0.3) is 0 Å². The van der Waals surface area contributed by atoms with Gasteiger partial charge in [0.05, 0.1) is 11.2 Å². The largest absolute Gasteiger partial charge is 0.498 e. The van der Waals surface area contributed by atoms with E-state index in [1.165, 1.54) is 11.8 Å². The number of aromatic nitrogens is 2. The maximum Gasteiger partial charge on any atom is 0.498 e. The highest BCUT2D eigenvalue weighted by Gasteiger charge is 2.51. The third-order valence-corrected chi connectivity index (χ3v) is 3.96. The van der Waals surface area contributed by atoms with Crippen molar-refractivity contribution in [2.75, 3.05) is 11.9 Å². The minimum Gasteiger partial charge on any atom is -0.399 e. The SMILES string of the molecule is CC(=O)N(C)c1ncc(B2OC(C)(C)C(C)(C)O2)cn1. The van der Waals surface area contributed by atoms with Gasteiger partial charge in [-0.25, -0.2) is 9.97 Å². The third kappa shape index (κ3) is 2.55. The van der Waals surface area contributed by atoms with Crippen molar-refractivity contribution in [2.24, 2.45) is 0 Å². The van der Waals surface area contributed by atoms with E-state index >= 15 is 0 Å². The fourth-order valence-electron chi connectivity index (χ4n) is 1.75. The van der Waals surface area contributed by atoms with Crippen LogP contribution in [0.4, 0.5) is 5.95 Å². The summed E-state index contributed by atoms with van der Waals surface area (Å²) in [5.74, 6) is 0.242. The molecule has 0 aliphatic carbocycles. The molecule has 0 atom stereocenters. The van der Waals surface area contributed by atoms with E-state index in [0.29, 0.717) is 5.95 Å². The lowest BCUT2D eigenvalue weighted by Gasteiger charge is -2.32. The minimum absolute atomic E-state index is 0.117. The summed E-state index contributed by atoms with van der Waals surface area (Å²) >= 11 is 0. The Balaban J connectivity index is 2.18. The lowest BCUT2D eigenvalue weighted by molar-refractivity contribution is -0.116. The molecule has 0 unspecified atom stereocenters. The summed E-state index contributed by atoms with van der Waals surface area (Å²) in [4.78, 5) is 21.0. The number of amides is 1. The van der Waals surface area contributed by atoms with Gasteiger partial charge in [-0.3, -0.25) is 9.69 Å². The van der Waals surface area contributed by atoms with E-state index in [4.69, 9.17) is 9.31 Å². The molecule has 6 nitrogen and oxygen atoms in total. The van der Waals surface area contributed by atoms with Crippen molar-refractivity contribution in [1.29, 1.82) is 0 Å². The van der Waals surface area contributed by atoms with E-state index in [2.05, 4.69) is 9.97 Å². The quantitative estimate of drug-likeness (QED) is 0.747. The van der Waals surface area contributed by atoms with Crippen LogP contribution in [0, 0.1) is 0 Å². The number of carbonyl (C=O) groups is 1. The molecular weight excluding hydrogens is 257 g/mol. The molecule has 1 saturated heterocycles. The van der Waals surface area contributed by atoms with Crippen molar-refractivity contribution in [3.63, 3.8) is 0 Å². The van der Waals surface area contributed by atoms with Crippen molar-refractivity contribution in [2.45, 2.75) is 45.8 Å². The molecule has 0 N–H and O–H groups in total. The summed E-state index contributed by atoms with van der Waals surface area (Å²) in [7, 11) is 1.14. The average Bonchev–Trinajstić information content (AvgIpc) is 2.57. The highest BCUT2D eigenvalue weighted by atomic mass is 16.7. The number of carbonyl (C=O) groups excluding carboxylic acids is 1. The fourth-order valence-corrected chi connectivity index (χ4v) is 1.75. The van der Waals surface area contributed by atoms with Crippen molar-refractivity contribution in [1.82, 2.24) is 9.97 Å². The standard InChI is InChI=1S/C13H20BN3O3/c1-9(18)17(6)11-15-7-10(8-16-11)14-19-12(2,3)13(4,5)20-14/h7-8H,1-6H3. The molecule has 1 fully saturated rings. The molecule has 0 saturated carbocycles. The molecule has 0 radical (unpaired) electrons. The molecule has 1 aliphatic heterocycles. The Morgan fingerprint density at radius 2 is 1.60 bits per heavy atom. The molecule has 0 bridgehead atoms. The van der Waals surface area contributed by atoms with Gasteiger partial charge in [-0.1, -0.05) is 0 Å². The van der Waals surface area contributed by atoms with E-state index in [9.17, 15) is 4.79 Å². The molecule has 2 rings (SSSR count). The first-order valence-electron chi connectivity index (χ1n) is 6.56. The second kappa shape index (κ2) is 4.82. The molecule has 0 spiro atoms. The van der Waals surface area contributed by atoms with Crippen LogP contribution in [0.15, 0.2) is 12.4 Å². The van der Waals surface area contributed by atoms with Crippen molar-refractivity contribution in [3.8, 4) is 0 Å². The second-order valence-electron chi connectivity index (χ2n) is 5.98. The molecule has 108 valence electrons. The van der Waals surface area contributed by atoms with E-state index in [1.807, 2.05) is 27.7 Å². The van der Waals surface area contributed by atoms with E-state index in [0.717, 1.165) is 5.46 Å². The molecule has 1 aromatic rings. The first-order chi connectivity index (χ1) is 9.14. The molecule has 1 aromatic heterocycles. The maximum atomic E-state index is 11.3. The first-order valence-corrected chi connectivity index (χ1v) is 6.56. The van der Waals surface area contributed by atoms with Gasteiger partial charge < -0.3 is 9.31 Å².